The molecule has 0 saturated heterocycles. The SMILES string of the molecule is CNCC1=C[C@@H]2C[C@]3(O)[C@]4(O)[C@@H](O)[C@@H]5C[C@@H]6[C@H](C=CC[C@H]6C6CCCC6)C[C@H]6[C@@H](O)CC[C@](C=O)([C@H]4CC[C@]3(C)[C@H]2C2=CC(=O)O[C@@H]12)[C@@]65O. The second-order valence-electron chi connectivity index (χ2n) is 18.2. The molecule has 8 aliphatic carbocycles. The molecule has 0 radical (unpaired) electrons. The molecule has 1 heterocycles. The first-order valence-corrected chi connectivity index (χ1v) is 19.3. The van der Waals surface area contributed by atoms with E-state index >= 15 is 0 Å². The number of likely N-dealkylation sites (N-methyl/N-ethyl adjacent to an activating group) is 1. The zero-order chi connectivity index (χ0) is 34.3. The summed E-state index contributed by atoms with van der Waals surface area (Å²) in [5.41, 5.74) is -6.31. The van der Waals surface area contributed by atoms with Crippen molar-refractivity contribution in [3.05, 3.63) is 35.5 Å². The van der Waals surface area contributed by atoms with Crippen molar-refractivity contribution in [1.29, 1.82) is 0 Å². The van der Waals surface area contributed by atoms with E-state index in [1.807, 2.05) is 14.0 Å². The quantitative estimate of drug-likeness (QED) is 0.150. The van der Waals surface area contributed by atoms with Crippen molar-refractivity contribution < 1.29 is 39.9 Å². The van der Waals surface area contributed by atoms with Gasteiger partial charge in [-0.25, -0.2) is 4.79 Å². The van der Waals surface area contributed by atoms with Crippen LogP contribution in [0.5, 0.6) is 0 Å². The minimum Gasteiger partial charge on any atom is -0.450 e. The van der Waals surface area contributed by atoms with Crippen LogP contribution in [0, 0.1) is 64.1 Å². The molecule has 0 unspecified atom stereocenters. The molecule has 9 rings (SSSR count). The lowest BCUT2D eigenvalue weighted by Gasteiger charge is -2.72. The number of fused-ring (bicyclic) bond motifs is 9. The summed E-state index contributed by atoms with van der Waals surface area (Å²) in [5.74, 6) is -2.20. The normalized spacial score (nSPS) is 55.8. The number of nitrogens with one attached hydrogen (secondary N) is 1. The van der Waals surface area contributed by atoms with Crippen LogP contribution in [0.1, 0.15) is 84.0 Å². The summed E-state index contributed by atoms with van der Waals surface area (Å²) < 4.78 is 5.80. The van der Waals surface area contributed by atoms with Crippen molar-refractivity contribution in [3.8, 4) is 0 Å². The predicted octanol–water partition coefficient (Wildman–Crippen LogP) is 2.98. The van der Waals surface area contributed by atoms with Crippen LogP contribution in [-0.4, -0.2) is 86.5 Å². The number of carbonyl (C=O) groups excluding carboxylic acids is 2. The average molecular weight is 678 g/mol. The van der Waals surface area contributed by atoms with Gasteiger partial charge in [0, 0.05) is 35.8 Å². The molecule has 0 spiro atoms. The summed E-state index contributed by atoms with van der Waals surface area (Å²) in [7, 11) is 1.84. The fourth-order valence-electron chi connectivity index (χ4n) is 15.0. The number of aliphatic hydroxyl groups is 5. The summed E-state index contributed by atoms with van der Waals surface area (Å²) in [6.45, 7) is 2.50. The van der Waals surface area contributed by atoms with Crippen molar-refractivity contribution in [3.63, 3.8) is 0 Å². The first-order valence-electron chi connectivity index (χ1n) is 19.3. The van der Waals surface area contributed by atoms with Gasteiger partial charge in [-0.3, -0.25) is 0 Å². The number of allylic oxidation sites excluding steroid dienone is 3. The number of rotatable bonds is 4. The van der Waals surface area contributed by atoms with Crippen LogP contribution in [0.3, 0.4) is 0 Å². The van der Waals surface area contributed by atoms with E-state index in [2.05, 4.69) is 23.5 Å². The van der Waals surface area contributed by atoms with E-state index in [-0.39, 0.29) is 36.5 Å². The maximum Gasteiger partial charge on any atom is 0.331 e. The molecule has 0 bridgehead atoms. The molecular formula is C40H55NO8. The van der Waals surface area contributed by atoms with Gasteiger partial charge in [-0.05, 0) is 105 Å². The van der Waals surface area contributed by atoms with Gasteiger partial charge >= 0.3 is 5.97 Å². The Morgan fingerprint density at radius 3 is 2.49 bits per heavy atom. The Balaban J connectivity index is 1.20. The molecule has 0 aromatic carbocycles. The minimum absolute atomic E-state index is 0.0992. The topological polar surface area (TPSA) is 157 Å². The number of carbonyl (C=O) groups is 2. The summed E-state index contributed by atoms with van der Waals surface area (Å²) in [6.07, 6.45) is 14.3. The van der Waals surface area contributed by atoms with Crippen molar-refractivity contribution in [2.24, 2.45) is 64.1 Å². The van der Waals surface area contributed by atoms with E-state index in [0.717, 1.165) is 23.9 Å². The highest BCUT2D eigenvalue weighted by Gasteiger charge is 2.84. The molecule has 9 nitrogen and oxygen atoms in total. The van der Waals surface area contributed by atoms with Crippen molar-refractivity contribution >= 4 is 12.3 Å². The maximum absolute atomic E-state index is 13.9. The van der Waals surface area contributed by atoms with E-state index in [1.165, 1.54) is 25.7 Å². The zero-order valence-electron chi connectivity index (χ0n) is 29.0. The summed E-state index contributed by atoms with van der Waals surface area (Å²) >= 11 is 0. The number of ether oxygens (including phenoxy) is 1. The fourth-order valence-corrected chi connectivity index (χ4v) is 15.0. The van der Waals surface area contributed by atoms with Crippen LogP contribution < -0.4 is 5.32 Å². The third kappa shape index (κ3) is 3.83. The summed E-state index contributed by atoms with van der Waals surface area (Å²) in [6, 6.07) is 0. The van der Waals surface area contributed by atoms with Gasteiger partial charge in [-0.2, -0.15) is 0 Å². The highest BCUT2D eigenvalue weighted by molar-refractivity contribution is 5.87. The van der Waals surface area contributed by atoms with Crippen molar-refractivity contribution in [2.75, 3.05) is 13.6 Å². The van der Waals surface area contributed by atoms with Gasteiger partial charge in [0.1, 0.15) is 23.6 Å². The van der Waals surface area contributed by atoms with Crippen molar-refractivity contribution in [1.82, 2.24) is 5.32 Å². The smallest absolute Gasteiger partial charge is 0.331 e. The fraction of sp³-hybridized carbons (Fsp3) is 0.800. The van der Waals surface area contributed by atoms with Crippen LogP contribution in [0.25, 0.3) is 0 Å². The minimum atomic E-state index is -2.11. The average Bonchev–Trinajstić information content (AvgIpc) is 3.77. The molecule has 49 heavy (non-hydrogen) atoms. The Hall–Kier alpha value is -1.88. The third-order valence-corrected chi connectivity index (χ3v) is 16.9. The molecule has 16 atom stereocenters. The molecule has 0 aromatic rings. The van der Waals surface area contributed by atoms with Crippen LogP contribution in [0.15, 0.2) is 35.5 Å². The predicted molar refractivity (Wildman–Crippen MR) is 179 cm³/mol. The number of hydrogen-bond acceptors (Lipinski definition) is 9. The molecule has 9 heteroatoms. The second-order valence-corrected chi connectivity index (χ2v) is 18.2. The van der Waals surface area contributed by atoms with Crippen LogP contribution in [0.2, 0.25) is 0 Å². The first kappa shape index (κ1) is 33.0. The lowest BCUT2D eigenvalue weighted by Crippen LogP contribution is -2.85. The lowest BCUT2D eigenvalue weighted by molar-refractivity contribution is -0.373. The van der Waals surface area contributed by atoms with Gasteiger partial charge in [-0.1, -0.05) is 50.8 Å². The lowest BCUT2D eigenvalue weighted by atomic mass is 9.35. The molecule has 6 saturated carbocycles. The first-order chi connectivity index (χ1) is 23.4. The molecule has 1 aliphatic heterocycles. The Morgan fingerprint density at radius 1 is 0.980 bits per heavy atom. The Bertz CT molecular complexity index is 1520. The molecule has 268 valence electrons. The Kier molecular flexibility index (Phi) is 7.29. The molecule has 0 aromatic heterocycles. The monoisotopic (exact) mass is 677 g/mol. The van der Waals surface area contributed by atoms with Gasteiger partial charge in [0.05, 0.1) is 23.2 Å². The van der Waals surface area contributed by atoms with Gasteiger partial charge in [0.15, 0.2) is 0 Å². The molecule has 0 amide bonds. The molecular weight excluding hydrogens is 622 g/mol. The van der Waals surface area contributed by atoms with Crippen LogP contribution in [-0.2, 0) is 14.3 Å². The molecule has 6 N–H and O–H groups in total. The molecule has 9 aliphatic rings. The van der Waals surface area contributed by atoms with Gasteiger partial charge < -0.3 is 40.4 Å². The number of esters is 1. The van der Waals surface area contributed by atoms with E-state index in [4.69, 9.17) is 4.74 Å². The van der Waals surface area contributed by atoms with Gasteiger partial charge in [-0.15, -0.1) is 0 Å². The summed E-state index contributed by atoms with van der Waals surface area (Å²) in [5, 5.41) is 68.2. The Labute approximate surface area is 289 Å². The number of aliphatic hydroxyl groups excluding tert-OH is 2. The highest BCUT2D eigenvalue weighted by atomic mass is 16.5. The number of hydrogen-bond donors (Lipinski definition) is 6. The van der Waals surface area contributed by atoms with E-state index in [9.17, 15) is 35.1 Å². The largest absolute Gasteiger partial charge is 0.450 e. The zero-order valence-corrected chi connectivity index (χ0v) is 29.0. The van der Waals surface area contributed by atoms with Gasteiger partial charge in [0.2, 0.25) is 0 Å². The molecule has 6 fully saturated rings. The summed E-state index contributed by atoms with van der Waals surface area (Å²) in [4.78, 5) is 26.6. The van der Waals surface area contributed by atoms with E-state index < -0.39 is 69.7 Å². The van der Waals surface area contributed by atoms with Gasteiger partial charge in [0.25, 0.3) is 0 Å². The standard InChI is InChI=1S/C40H55NO8/c1-36-12-11-31-37(20-42)13-10-30(43)28-15-22-8-5-9-25(21-6-3-4-7-21)26(22)16-29(39(28,37)47)35(45)40(31,48)38(36,46)18-23-14-24(19-41-2)34-27(33(23)36)17-32(44)49-34/h5,8,14,17,20-23,25-26,28-31,33-35,41,43,45-48H,3-4,6-7,9-13,15-16,18-19H2,1-2H3/t22-,23-,25+,26-,28+,29+,30+,31-,33-,34+,35+,36-,37+,38-,39-,40-/m1/s1. The van der Waals surface area contributed by atoms with Crippen molar-refractivity contribution in [2.45, 2.75) is 119 Å². The van der Waals surface area contributed by atoms with Crippen LogP contribution >= 0.6 is 0 Å². The van der Waals surface area contributed by atoms with E-state index in [0.29, 0.717) is 50.5 Å². The maximum atomic E-state index is 13.9. The van der Waals surface area contributed by atoms with E-state index in [1.54, 1.807) is 6.08 Å². The third-order valence-electron chi connectivity index (χ3n) is 16.9. The second kappa shape index (κ2) is 10.8. The Morgan fingerprint density at radius 2 is 1.76 bits per heavy atom. The highest BCUT2D eigenvalue weighted by Crippen LogP contribution is 2.76. The van der Waals surface area contributed by atoms with Crippen LogP contribution in [0.4, 0.5) is 0 Å². The number of aldehydes is 1.